The third-order valence-corrected chi connectivity index (χ3v) is 5.05. The van der Waals surface area contributed by atoms with Crippen LogP contribution in [-0.2, 0) is 0 Å². The molecule has 19 heavy (non-hydrogen) atoms. The molecule has 0 fully saturated rings. The van der Waals surface area contributed by atoms with Crippen molar-refractivity contribution in [3.05, 3.63) is 47.5 Å². The third kappa shape index (κ3) is 2.81. The number of allylic oxidation sites excluding steroid dienone is 1. The van der Waals surface area contributed by atoms with E-state index in [2.05, 4.69) is 4.99 Å². The molecule has 1 aromatic carbocycles. The van der Waals surface area contributed by atoms with Crippen molar-refractivity contribution in [1.82, 2.24) is 0 Å². The van der Waals surface area contributed by atoms with Crippen molar-refractivity contribution in [3.8, 4) is 0 Å². The lowest BCUT2D eigenvalue weighted by Gasteiger charge is -2.23. The number of nitrogens with zero attached hydrogens (tertiary/aromatic N) is 1. The van der Waals surface area contributed by atoms with Gasteiger partial charge in [0, 0.05) is 5.56 Å². The standard InChI is InChI=1S/C13H12F4NP/c1-19(2)8-10(14)11(13(15,16)17)18-12(19)9-6-4-3-5-7-9/h3-8H,1-2H3. The molecule has 0 unspecified atom stereocenters. The molecule has 0 spiro atoms. The molecule has 1 aliphatic rings. The molecule has 0 bridgehead atoms. The second-order valence-electron chi connectivity index (χ2n) is 4.66. The van der Waals surface area contributed by atoms with Gasteiger partial charge in [-0.3, -0.25) is 0 Å². The van der Waals surface area contributed by atoms with Gasteiger partial charge in [-0.1, -0.05) is 37.2 Å². The molecule has 0 aliphatic carbocycles. The van der Waals surface area contributed by atoms with E-state index in [1.165, 1.54) is 0 Å². The van der Waals surface area contributed by atoms with Crippen molar-refractivity contribution in [2.24, 2.45) is 4.99 Å². The molecule has 2 rings (SSSR count). The van der Waals surface area contributed by atoms with E-state index in [9.17, 15) is 17.6 Å². The molecule has 0 N–H and O–H groups in total. The molecular weight excluding hydrogens is 277 g/mol. The van der Waals surface area contributed by atoms with Gasteiger partial charge in [-0.15, -0.1) is 0 Å². The monoisotopic (exact) mass is 289 g/mol. The van der Waals surface area contributed by atoms with Gasteiger partial charge in [0.25, 0.3) is 0 Å². The normalized spacial score (nSPS) is 18.9. The molecular formula is C13H12F4NP. The van der Waals surface area contributed by atoms with Crippen molar-refractivity contribution in [3.63, 3.8) is 0 Å². The fraction of sp³-hybridized carbons (Fsp3) is 0.231. The van der Waals surface area contributed by atoms with Gasteiger partial charge in [-0.25, -0.2) is 9.38 Å². The number of aliphatic imine (C=N–C) groups is 1. The first-order valence-corrected chi connectivity index (χ1v) is 8.28. The van der Waals surface area contributed by atoms with Crippen LogP contribution in [-0.4, -0.2) is 30.6 Å². The number of alkyl halides is 3. The number of hydrogen-bond acceptors (Lipinski definition) is 1. The zero-order chi connectivity index (χ0) is 14.3. The Morgan fingerprint density at radius 1 is 1.05 bits per heavy atom. The highest BCUT2D eigenvalue weighted by molar-refractivity contribution is 7.78. The minimum atomic E-state index is -4.78. The van der Waals surface area contributed by atoms with Crippen LogP contribution in [0.5, 0.6) is 0 Å². The molecule has 0 aromatic heterocycles. The first-order valence-electron chi connectivity index (χ1n) is 5.53. The van der Waals surface area contributed by atoms with Gasteiger partial charge in [-0.2, -0.15) is 13.2 Å². The van der Waals surface area contributed by atoms with Gasteiger partial charge in [0.15, 0.2) is 11.5 Å². The number of hydrogen-bond donors (Lipinski definition) is 0. The first kappa shape index (κ1) is 14.1. The van der Waals surface area contributed by atoms with Crippen LogP contribution in [0.15, 0.2) is 47.0 Å². The molecule has 102 valence electrons. The average molecular weight is 289 g/mol. The van der Waals surface area contributed by atoms with Crippen LogP contribution in [0.1, 0.15) is 5.56 Å². The van der Waals surface area contributed by atoms with Gasteiger partial charge in [0.1, 0.15) is 0 Å². The summed E-state index contributed by atoms with van der Waals surface area (Å²) < 4.78 is 51.7. The fourth-order valence-electron chi connectivity index (χ4n) is 1.88. The van der Waals surface area contributed by atoms with Crippen LogP contribution in [0.25, 0.3) is 0 Å². The lowest BCUT2D eigenvalue weighted by Crippen LogP contribution is -2.27. The molecule has 0 amide bonds. The minimum absolute atomic E-state index is 0.321. The van der Waals surface area contributed by atoms with Gasteiger partial charge in [0.2, 0.25) is 0 Å². The predicted molar refractivity (Wildman–Crippen MR) is 72.0 cm³/mol. The van der Waals surface area contributed by atoms with Crippen molar-refractivity contribution < 1.29 is 17.6 Å². The number of halogens is 4. The molecule has 1 aromatic rings. The zero-order valence-electron chi connectivity index (χ0n) is 10.4. The van der Waals surface area contributed by atoms with Crippen molar-refractivity contribution in [2.45, 2.75) is 6.18 Å². The van der Waals surface area contributed by atoms with E-state index in [1.54, 1.807) is 43.7 Å². The smallest absolute Gasteiger partial charge is 0.240 e. The van der Waals surface area contributed by atoms with E-state index < -0.39 is 24.6 Å². The Balaban J connectivity index is 2.68. The highest BCUT2D eigenvalue weighted by Gasteiger charge is 2.41. The quantitative estimate of drug-likeness (QED) is 0.541. The van der Waals surface area contributed by atoms with Crippen molar-refractivity contribution in [2.75, 3.05) is 13.3 Å². The second kappa shape index (κ2) is 4.64. The molecule has 0 saturated carbocycles. The summed E-state index contributed by atoms with van der Waals surface area (Å²) in [4.78, 5) is 3.57. The Labute approximate surface area is 108 Å². The summed E-state index contributed by atoms with van der Waals surface area (Å²) in [5.41, 5.74) is -0.515. The van der Waals surface area contributed by atoms with E-state index in [0.29, 0.717) is 11.0 Å². The van der Waals surface area contributed by atoms with Gasteiger partial charge in [-0.05, 0) is 19.1 Å². The lowest BCUT2D eigenvalue weighted by atomic mass is 10.2. The van der Waals surface area contributed by atoms with Crippen LogP contribution in [0.3, 0.4) is 0 Å². The molecule has 1 heterocycles. The van der Waals surface area contributed by atoms with Crippen LogP contribution in [0, 0.1) is 0 Å². The predicted octanol–water partition coefficient (Wildman–Crippen LogP) is 4.27. The van der Waals surface area contributed by atoms with Gasteiger partial charge in [0.05, 0.1) is 5.42 Å². The molecule has 1 nitrogen and oxygen atoms in total. The molecule has 1 aliphatic heterocycles. The third-order valence-electron chi connectivity index (χ3n) is 2.73. The van der Waals surface area contributed by atoms with E-state index in [4.69, 9.17) is 0 Å². The van der Waals surface area contributed by atoms with Crippen LogP contribution in [0.4, 0.5) is 17.6 Å². The molecule has 0 atom stereocenters. The maximum absolute atomic E-state index is 13.6. The van der Waals surface area contributed by atoms with E-state index in [-0.39, 0.29) is 0 Å². The largest absolute Gasteiger partial charge is 0.436 e. The maximum Gasteiger partial charge on any atom is 0.436 e. The summed E-state index contributed by atoms with van der Waals surface area (Å²) in [5.74, 6) is -0.198. The Kier molecular flexibility index (Phi) is 3.43. The maximum atomic E-state index is 13.6. The average Bonchev–Trinajstić information content (AvgIpc) is 2.27. The highest BCUT2D eigenvalue weighted by Crippen LogP contribution is 2.49. The Morgan fingerprint density at radius 2 is 1.63 bits per heavy atom. The van der Waals surface area contributed by atoms with Crippen LogP contribution in [0.2, 0.25) is 0 Å². The summed E-state index contributed by atoms with van der Waals surface area (Å²) in [6.45, 7) is 1.34. The number of rotatable bonds is 1. The topological polar surface area (TPSA) is 12.4 Å². The highest BCUT2D eigenvalue weighted by atomic mass is 31.2. The van der Waals surface area contributed by atoms with Crippen LogP contribution < -0.4 is 0 Å². The summed E-state index contributed by atoms with van der Waals surface area (Å²) >= 11 is 0. The summed E-state index contributed by atoms with van der Waals surface area (Å²) in [5, 5.41) is 0. The summed E-state index contributed by atoms with van der Waals surface area (Å²) in [7, 11) is 0. The van der Waals surface area contributed by atoms with Crippen molar-refractivity contribution >= 4 is 18.0 Å². The first-order chi connectivity index (χ1) is 8.72. The van der Waals surface area contributed by atoms with E-state index >= 15 is 0 Å². The Morgan fingerprint density at radius 3 is 2.16 bits per heavy atom. The summed E-state index contributed by atoms with van der Waals surface area (Å²) in [6.07, 6.45) is -4.78. The minimum Gasteiger partial charge on any atom is -0.240 e. The van der Waals surface area contributed by atoms with Crippen molar-refractivity contribution in [1.29, 1.82) is 0 Å². The summed E-state index contributed by atoms with van der Waals surface area (Å²) in [6, 6.07) is 8.58. The van der Waals surface area contributed by atoms with E-state index in [0.717, 1.165) is 5.82 Å². The van der Waals surface area contributed by atoms with Gasteiger partial charge >= 0.3 is 6.18 Å². The SMILES string of the molecule is CP1(C)=C(c2ccccc2)N=C(C(F)(F)F)C(F)=C1. The molecule has 6 heteroatoms. The Bertz CT molecular complexity index is 605. The van der Waals surface area contributed by atoms with E-state index in [1.807, 2.05) is 0 Å². The van der Waals surface area contributed by atoms with Gasteiger partial charge < -0.3 is 0 Å². The number of benzene rings is 1. The molecule has 0 radical (unpaired) electrons. The zero-order valence-corrected chi connectivity index (χ0v) is 11.3. The second-order valence-corrected chi connectivity index (χ2v) is 8.43. The molecule has 0 saturated heterocycles. The fourth-order valence-corrected chi connectivity index (χ4v) is 3.86. The van der Waals surface area contributed by atoms with Crippen LogP contribution >= 0.6 is 6.89 Å². The Hall–Kier alpha value is -1.35. The lowest BCUT2D eigenvalue weighted by molar-refractivity contribution is -0.0589.